The smallest absolute Gasteiger partial charge is 0.255 e. The molecule has 1 aromatic heterocycles. The van der Waals surface area contributed by atoms with Gasteiger partial charge in [-0.2, -0.15) is 0 Å². The molecule has 0 spiro atoms. The van der Waals surface area contributed by atoms with E-state index < -0.39 is 0 Å². The van der Waals surface area contributed by atoms with Crippen molar-refractivity contribution in [1.82, 2.24) is 14.8 Å². The normalized spacial score (nSPS) is 15.2. The molecule has 1 aliphatic heterocycles. The Bertz CT molecular complexity index is 489. The van der Waals surface area contributed by atoms with Crippen molar-refractivity contribution in [2.24, 2.45) is 0 Å². The molecule has 2 heterocycles. The summed E-state index contributed by atoms with van der Waals surface area (Å²) in [6, 6.07) is 1.68. The molecule has 21 heavy (non-hydrogen) atoms. The highest BCUT2D eigenvalue weighted by molar-refractivity contribution is 6.33. The Morgan fingerprint density at radius 2 is 2.19 bits per heavy atom. The zero-order chi connectivity index (χ0) is 15.2. The molecule has 0 atom stereocenters. The van der Waals surface area contributed by atoms with Crippen LogP contribution < -0.4 is 5.32 Å². The average Bonchev–Trinajstić information content (AvgIpc) is 2.99. The molecule has 1 saturated heterocycles. The quantitative estimate of drug-likeness (QED) is 0.876. The van der Waals surface area contributed by atoms with E-state index in [1.807, 2.05) is 14.0 Å². The van der Waals surface area contributed by atoms with Gasteiger partial charge >= 0.3 is 0 Å². The van der Waals surface area contributed by atoms with E-state index in [9.17, 15) is 4.79 Å². The van der Waals surface area contributed by atoms with Crippen molar-refractivity contribution in [3.8, 4) is 0 Å². The second-order valence-electron chi connectivity index (χ2n) is 5.36. The van der Waals surface area contributed by atoms with Crippen LogP contribution in [0.3, 0.4) is 0 Å². The molecule has 0 aliphatic carbocycles. The maximum absolute atomic E-state index is 12.4. The molecule has 116 valence electrons. The molecule has 2 rings (SSSR count). The minimum atomic E-state index is -0.0355. The lowest BCUT2D eigenvalue weighted by Gasteiger charge is -2.21. The number of carbonyl (C=O) groups excluding carboxylic acids is 1. The highest BCUT2D eigenvalue weighted by Crippen LogP contribution is 2.20. The van der Waals surface area contributed by atoms with E-state index in [1.54, 1.807) is 17.2 Å². The third kappa shape index (κ3) is 4.32. The molecular weight excluding hydrogens is 288 g/mol. The van der Waals surface area contributed by atoms with Crippen LogP contribution in [0.2, 0.25) is 5.02 Å². The van der Waals surface area contributed by atoms with Gasteiger partial charge < -0.3 is 15.1 Å². The van der Waals surface area contributed by atoms with E-state index in [0.29, 0.717) is 16.4 Å². The Morgan fingerprint density at radius 1 is 1.48 bits per heavy atom. The molecule has 0 saturated carbocycles. The lowest BCUT2D eigenvalue weighted by atomic mass is 10.2. The molecule has 0 unspecified atom stereocenters. The molecule has 1 amide bonds. The monoisotopic (exact) mass is 310 g/mol. The van der Waals surface area contributed by atoms with Crippen LogP contribution in [0.5, 0.6) is 0 Å². The van der Waals surface area contributed by atoms with Crippen molar-refractivity contribution >= 4 is 23.3 Å². The average molecular weight is 311 g/mol. The summed E-state index contributed by atoms with van der Waals surface area (Å²) in [5.74, 6) is 0.585. The maximum atomic E-state index is 12.4. The highest BCUT2D eigenvalue weighted by atomic mass is 35.5. The third-order valence-electron chi connectivity index (χ3n) is 3.73. The minimum Gasteiger partial charge on any atom is -0.369 e. The summed E-state index contributed by atoms with van der Waals surface area (Å²) in [5, 5.41) is 3.54. The highest BCUT2D eigenvalue weighted by Gasteiger charge is 2.16. The van der Waals surface area contributed by atoms with Gasteiger partial charge in [0.25, 0.3) is 5.91 Å². The molecular formula is C15H23ClN4O. The molecule has 6 heteroatoms. The number of likely N-dealkylation sites (N-methyl/N-ethyl adjacent to an activating group) is 1. The van der Waals surface area contributed by atoms with Crippen LogP contribution in [-0.4, -0.2) is 60.5 Å². The number of halogens is 1. The van der Waals surface area contributed by atoms with E-state index in [2.05, 4.69) is 15.2 Å². The largest absolute Gasteiger partial charge is 0.369 e. The van der Waals surface area contributed by atoms with E-state index in [4.69, 9.17) is 11.6 Å². The summed E-state index contributed by atoms with van der Waals surface area (Å²) in [7, 11) is 1.82. The van der Waals surface area contributed by atoms with Crippen molar-refractivity contribution in [3.05, 3.63) is 22.8 Å². The van der Waals surface area contributed by atoms with Gasteiger partial charge in [0, 0.05) is 32.9 Å². The van der Waals surface area contributed by atoms with E-state index in [-0.39, 0.29) is 5.91 Å². The minimum absolute atomic E-state index is 0.0355. The first-order valence-electron chi connectivity index (χ1n) is 7.49. The second kappa shape index (κ2) is 7.61. The van der Waals surface area contributed by atoms with Crippen LogP contribution in [0.4, 0.5) is 5.82 Å². The number of nitrogens with zero attached hydrogens (tertiary/aromatic N) is 3. The first kappa shape index (κ1) is 16.0. The van der Waals surface area contributed by atoms with Crippen LogP contribution in [0.25, 0.3) is 0 Å². The van der Waals surface area contributed by atoms with Crippen molar-refractivity contribution in [1.29, 1.82) is 0 Å². The van der Waals surface area contributed by atoms with Gasteiger partial charge in [-0.15, -0.1) is 0 Å². The van der Waals surface area contributed by atoms with Gasteiger partial charge in [-0.3, -0.25) is 4.79 Å². The Labute approximate surface area is 131 Å². The maximum Gasteiger partial charge on any atom is 0.255 e. The number of amides is 1. The van der Waals surface area contributed by atoms with E-state index in [0.717, 1.165) is 32.7 Å². The topological polar surface area (TPSA) is 48.5 Å². The van der Waals surface area contributed by atoms with Crippen LogP contribution in [0, 0.1) is 0 Å². The molecule has 1 aromatic rings. The summed E-state index contributed by atoms with van der Waals surface area (Å²) in [6.45, 7) is 6.67. The summed E-state index contributed by atoms with van der Waals surface area (Å²) >= 11 is 6.13. The predicted molar refractivity (Wildman–Crippen MR) is 86.0 cm³/mol. The molecule has 0 radical (unpaired) electrons. The van der Waals surface area contributed by atoms with Crippen molar-refractivity contribution in [3.63, 3.8) is 0 Å². The number of anilines is 1. The molecule has 1 N–H and O–H groups in total. The molecule has 1 fully saturated rings. The van der Waals surface area contributed by atoms with Gasteiger partial charge in [0.15, 0.2) is 0 Å². The molecule has 0 aromatic carbocycles. The number of pyridine rings is 1. The fraction of sp³-hybridized carbons (Fsp3) is 0.600. The lowest BCUT2D eigenvalue weighted by molar-refractivity contribution is 0.0782. The van der Waals surface area contributed by atoms with Crippen LogP contribution in [-0.2, 0) is 0 Å². The van der Waals surface area contributed by atoms with Crippen molar-refractivity contribution in [2.45, 2.75) is 19.8 Å². The molecule has 5 nitrogen and oxygen atoms in total. The van der Waals surface area contributed by atoms with Gasteiger partial charge in [0.2, 0.25) is 0 Å². The lowest BCUT2D eigenvalue weighted by Crippen LogP contribution is -2.35. The summed E-state index contributed by atoms with van der Waals surface area (Å²) in [5.41, 5.74) is 0.533. The standard InChI is InChI=1S/C15H23ClN4O/c1-3-17-14-13(16)10-12(11-18-14)15(21)19(2)8-9-20-6-4-5-7-20/h10-11H,3-9H2,1-2H3,(H,17,18). The fourth-order valence-electron chi connectivity index (χ4n) is 2.47. The number of carbonyl (C=O) groups is 1. The zero-order valence-corrected chi connectivity index (χ0v) is 13.5. The van der Waals surface area contributed by atoms with Gasteiger partial charge in [0.05, 0.1) is 10.6 Å². The Morgan fingerprint density at radius 3 is 2.81 bits per heavy atom. The van der Waals surface area contributed by atoms with Crippen molar-refractivity contribution in [2.75, 3.05) is 45.1 Å². The fourth-order valence-corrected chi connectivity index (χ4v) is 2.71. The molecule has 1 aliphatic rings. The summed E-state index contributed by atoms with van der Waals surface area (Å²) in [4.78, 5) is 20.7. The zero-order valence-electron chi connectivity index (χ0n) is 12.7. The SMILES string of the molecule is CCNc1ncc(C(=O)N(C)CCN2CCCC2)cc1Cl. The first-order valence-corrected chi connectivity index (χ1v) is 7.87. The number of hydrogen-bond acceptors (Lipinski definition) is 4. The number of likely N-dealkylation sites (tertiary alicyclic amines) is 1. The third-order valence-corrected chi connectivity index (χ3v) is 4.02. The van der Waals surface area contributed by atoms with Crippen LogP contribution in [0.1, 0.15) is 30.1 Å². The van der Waals surface area contributed by atoms with Gasteiger partial charge in [-0.1, -0.05) is 11.6 Å². The number of aromatic nitrogens is 1. The van der Waals surface area contributed by atoms with Gasteiger partial charge in [-0.25, -0.2) is 4.98 Å². The Kier molecular flexibility index (Phi) is 5.82. The predicted octanol–water partition coefficient (Wildman–Crippen LogP) is 2.33. The number of rotatable bonds is 6. The van der Waals surface area contributed by atoms with E-state index >= 15 is 0 Å². The first-order chi connectivity index (χ1) is 10.1. The second-order valence-corrected chi connectivity index (χ2v) is 5.77. The van der Waals surface area contributed by atoms with Crippen LogP contribution in [0.15, 0.2) is 12.3 Å². The van der Waals surface area contributed by atoms with Crippen LogP contribution >= 0.6 is 11.6 Å². The van der Waals surface area contributed by atoms with E-state index in [1.165, 1.54) is 12.8 Å². The summed E-state index contributed by atoms with van der Waals surface area (Å²) in [6.07, 6.45) is 4.12. The van der Waals surface area contributed by atoms with Gasteiger partial charge in [-0.05, 0) is 38.9 Å². The number of hydrogen-bond donors (Lipinski definition) is 1. The Hall–Kier alpha value is -1.33. The van der Waals surface area contributed by atoms with Crippen molar-refractivity contribution < 1.29 is 4.79 Å². The summed E-state index contributed by atoms with van der Waals surface area (Å²) < 4.78 is 0. The molecule has 0 bridgehead atoms. The van der Waals surface area contributed by atoms with Gasteiger partial charge in [0.1, 0.15) is 5.82 Å². The Balaban J connectivity index is 1.93. The number of nitrogens with one attached hydrogen (secondary N) is 1.